The average Bonchev–Trinajstić information content (AvgIpc) is 2.98. The molecule has 0 spiro atoms. The van der Waals surface area contributed by atoms with E-state index in [4.69, 9.17) is 21.7 Å². The second-order valence-corrected chi connectivity index (χ2v) is 9.33. The van der Waals surface area contributed by atoms with Crippen molar-refractivity contribution in [3.63, 3.8) is 0 Å². The Hall–Kier alpha value is -2.32. The zero-order valence-corrected chi connectivity index (χ0v) is 19.7. The predicted molar refractivity (Wildman–Crippen MR) is 130 cm³/mol. The Balaban J connectivity index is 1.45. The van der Waals surface area contributed by atoms with Gasteiger partial charge >= 0.3 is 5.97 Å². The van der Waals surface area contributed by atoms with Crippen molar-refractivity contribution in [2.45, 2.75) is 32.1 Å². The van der Waals surface area contributed by atoms with Crippen LogP contribution in [0.3, 0.4) is 0 Å². The fraction of sp³-hybridized carbons (Fsp3) is 0.478. The number of fused-ring (bicyclic) bond motifs is 1. The SMILES string of the molecule is COC(=O)c1c(NC(=S)N2CCN(c3ccccc3OC)CC2)sc2c1CCCCC2. The summed E-state index contributed by atoms with van der Waals surface area (Å²) in [6.45, 7) is 3.32. The van der Waals surface area contributed by atoms with Crippen LogP contribution in [0.25, 0.3) is 0 Å². The number of benzene rings is 1. The maximum Gasteiger partial charge on any atom is 0.341 e. The van der Waals surface area contributed by atoms with E-state index in [2.05, 4.69) is 21.2 Å². The van der Waals surface area contributed by atoms with Crippen LogP contribution in [0.2, 0.25) is 0 Å². The summed E-state index contributed by atoms with van der Waals surface area (Å²) < 4.78 is 10.6. The Labute approximate surface area is 193 Å². The van der Waals surface area contributed by atoms with Crippen molar-refractivity contribution in [1.29, 1.82) is 0 Å². The fourth-order valence-electron chi connectivity index (χ4n) is 4.37. The number of hydrogen-bond donors (Lipinski definition) is 1. The number of thiocarbonyl (C=S) groups is 1. The molecule has 1 aliphatic carbocycles. The highest BCUT2D eigenvalue weighted by atomic mass is 32.1. The van der Waals surface area contributed by atoms with E-state index >= 15 is 0 Å². The van der Waals surface area contributed by atoms with Gasteiger partial charge in [0, 0.05) is 31.1 Å². The van der Waals surface area contributed by atoms with Crippen LogP contribution in [-0.2, 0) is 17.6 Å². The third kappa shape index (κ3) is 4.65. The van der Waals surface area contributed by atoms with Gasteiger partial charge in [-0.15, -0.1) is 11.3 Å². The van der Waals surface area contributed by atoms with Gasteiger partial charge in [0.25, 0.3) is 0 Å². The quantitative estimate of drug-likeness (QED) is 0.415. The second kappa shape index (κ2) is 9.87. The van der Waals surface area contributed by atoms with E-state index in [0.29, 0.717) is 10.7 Å². The molecule has 0 amide bonds. The lowest BCUT2D eigenvalue weighted by Crippen LogP contribution is -2.50. The zero-order valence-electron chi connectivity index (χ0n) is 18.1. The van der Waals surface area contributed by atoms with Crippen LogP contribution in [0.5, 0.6) is 5.75 Å². The summed E-state index contributed by atoms with van der Waals surface area (Å²) in [7, 11) is 3.15. The molecule has 8 heteroatoms. The Morgan fingerprint density at radius 1 is 1.06 bits per heavy atom. The molecule has 1 fully saturated rings. The van der Waals surface area contributed by atoms with Gasteiger partial charge in [0.1, 0.15) is 10.8 Å². The summed E-state index contributed by atoms with van der Waals surface area (Å²) in [5.74, 6) is 0.616. The van der Waals surface area contributed by atoms with Crippen LogP contribution < -0.4 is 15.0 Å². The first-order chi connectivity index (χ1) is 15.1. The van der Waals surface area contributed by atoms with Crippen molar-refractivity contribution in [1.82, 2.24) is 4.90 Å². The topological polar surface area (TPSA) is 54.0 Å². The van der Waals surface area contributed by atoms with Gasteiger partial charge in [-0.1, -0.05) is 18.6 Å². The molecule has 0 atom stereocenters. The van der Waals surface area contributed by atoms with Crippen molar-refractivity contribution >= 4 is 45.3 Å². The highest BCUT2D eigenvalue weighted by molar-refractivity contribution is 7.80. The number of para-hydroxylation sites is 2. The number of ether oxygens (including phenoxy) is 2. The van der Waals surface area contributed by atoms with E-state index in [0.717, 1.165) is 67.4 Å². The highest BCUT2D eigenvalue weighted by Gasteiger charge is 2.27. The largest absolute Gasteiger partial charge is 0.495 e. The molecule has 0 bridgehead atoms. The van der Waals surface area contributed by atoms with Gasteiger partial charge in [0.05, 0.1) is 25.5 Å². The molecule has 1 saturated heterocycles. The second-order valence-electron chi connectivity index (χ2n) is 7.84. The number of esters is 1. The van der Waals surface area contributed by atoms with Gasteiger partial charge < -0.3 is 24.6 Å². The Kier molecular flexibility index (Phi) is 6.97. The lowest BCUT2D eigenvalue weighted by Gasteiger charge is -2.37. The van der Waals surface area contributed by atoms with Gasteiger partial charge in [-0.25, -0.2) is 4.79 Å². The number of carbonyl (C=O) groups excluding carboxylic acids is 1. The maximum absolute atomic E-state index is 12.6. The van der Waals surface area contributed by atoms with Crippen molar-refractivity contribution in [2.24, 2.45) is 0 Å². The van der Waals surface area contributed by atoms with Gasteiger partial charge in [-0.2, -0.15) is 0 Å². The Morgan fingerprint density at radius 2 is 1.81 bits per heavy atom. The van der Waals surface area contributed by atoms with E-state index in [1.807, 2.05) is 18.2 Å². The Bertz CT molecular complexity index is 952. The predicted octanol–water partition coefficient (Wildman–Crippen LogP) is 4.33. The van der Waals surface area contributed by atoms with Gasteiger partial charge in [0.15, 0.2) is 5.11 Å². The number of rotatable bonds is 4. The molecule has 4 rings (SSSR count). The number of hydrogen-bond acceptors (Lipinski definition) is 6. The van der Waals surface area contributed by atoms with Crippen LogP contribution in [-0.4, -0.2) is 56.4 Å². The van der Waals surface area contributed by atoms with Crippen molar-refractivity contribution in [3.8, 4) is 5.75 Å². The summed E-state index contributed by atoms with van der Waals surface area (Å²) >= 11 is 7.40. The lowest BCUT2D eigenvalue weighted by atomic mass is 10.1. The number of nitrogens with zero attached hydrogens (tertiary/aromatic N) is 2. The number of methoxy groups -OCH3 is 2. The first-order valence-corrected chi connectivity index (χ1v) is 12.0. The summed E-state index contributed by atoms with van der Waals surface area (Å²) in [6, 6.07) is 8.10. The molecule has 1 aliphatic heterocycles. The number of carbonyl (C=O) groups is 1. The van der Waals surface area contributed by atoms with Crippen molar-refractivity contribution in [2.75, 3.05) is 50.6 Å². The third-order valence-electron chi connectivity index (χ3n) is 6.02. The monoisotopic (exact) mass is 459 g/mol. The maximum atomic E-state index is 12.6. The first-order valence-electron chi connectivity index (χ1n) is 10.8. The van der Waals surface area contributed by atoms with Crippen LogP contribution in [0.1, 0.15) is 40.1 Å². The third-order valence-corrected chi connectivity index (χ3v) is 7.59. The van der Waals surface area contributed by atoms with Crippen molar-refractivity contribution in [3.05, 3.63) is 40.3 Å². The van der Waals surface area contributed by atoms with Crippen LogP contribution >= 0.6 is 23.6 Å². The van der Waals surface area contributed by atoms with Crippen molar-refractivity contribution < 1.29 is 14.3 Å². The van der Waals surface area contributed by atoms with Gasteiger partial charge in [-0.05, 0) is 55.6 Å². The summed E-state index contributed by atoms with van der Waals surface area (Å²) in [6.07, 6.45) is 5.45. The molecule has 2 heterocycles. The molecular weight excluding hydrogens is 430 g/mol. The zero-order chi connectivity index (χ0) is 21.8. The van der Waals surface area contributed by atoms with Gasteiger partial charge in [0.2, 0.25) is 0 Å². The molecular formula is C23H29N3O3S2. The smallest absolute Gasteiger partial charge is 0.341 e. The molecule has 2 aromatic rings. The summed E-state index contributed by atoms with van der Waals surface area (Å²) in [5.41, 5.74) is 2.94. The summed E-state index contributed by atoms with van der Waals surface area (Å²) in [4.78, 5) is 18.4. The molecule has 0 radical (unpaired) electrons. The molecule has 2 aliphatic rings. The number of aryl methyl sites for hydroxylation is 1. The molecule has 1 aromatic carbocycles. The average molecular weight is 460 g/mol. The normalized spacial score (nSPS) is 16.3. The van der Waals surface area contributed by atoms with Crippen LogP contribution in [0.15, 0.2) is 24.3 Å². The number of piperazine rings is 1. The van der Waals surface area contributed by atoms with E-state index in [9.17, 15) is 4.79 Å². The fourth-order valence-corrected chi connectivity index (χ4v) is 5.99. The van der Waals surface area contributed by atoms with Gasteiger partial charge in [-0.3, -0.25) is 0 Å². The number of anilines is 2. The molecule has 31 heavy (non-hydrogen) atoms. The molecule has 1 N–H and O–H groups in total. The number of nitrogens with one attached hydrogen (secondary N) is 1. The lowest BCUT2D eigenvalue weighted by molar-refractivity contribution is 0.0601. The van der Waals surface area contributed by atoms with E-state index in [1.165, 1.54) is 24.8 Å². The first kappa shape index (κ1) is 21.9. The Morgan fingerprint density at radius 3 is 2.55 bits per heavy atom. The molecule has 0 saturated carbocycles. The minimum atomic E-state index is -0.273. The standard InChI is InChI=1S/C23H29N3O3S2/c1-28-18-10-7-6-9-17(18)25-12-14-26(15-13-25)23(30)24-21-20(22(27)29-2)16-8-4-3-5-11-19(16)31-21/h6-7,9-10H,3-5,8,11-15H2,1-2H3,(H,24,30). The number of thiophene rings is 1. The highest BCUT2D eigenvalue weighted by Crippen LogP contribution is 2.38. The summed E-state index contributed by atoms with van der Waals surface area (Å²) in [5, 5.41) is 4.88. The van der Waals surface area contributed by atoms with E-state index in [-0.39, 0.29) is 5.97 Å². The minimum Gasteiger partial charge on any atom is -0.495 e. The molecule has 1 aromatic heterocycles. The molecule has 0 unspecified atom stereocenters. The van der Waals surface area contributed by atoms with Crippen LogP contribution in [0, 0.1) is 0 Å². The molecule has 6 nitrogen and oxygen atoms in total. The van der Waals surface area contributed by atoms with E-state index < -0.39 is 0 Å². The van der Waals surface area contributed by atoms with E-state index in [1.54, 1.807) is 18.4 Å². The van der Waals surface area contributed by atoms with Crippen LogP contribution in [0.4, 0.5) is 10.7 Å². The molecule has 166 valence electrons. The minimum absolute atomic E-state index is 0.273.